The minimum Gasteiger partial charge on any atom is -0.327 e. The van der Waals surface area contributed by atoms with Crippen molar-refractivity contribution in [2.24, 2.45) is 17.6 Å². The van der Waals surface area contributed by atoms with Crippen molar-refractivity contribution in [1.29, 1.82) is 0 Å². The van der Waals surface area contributed by atoms with Gasteiger partial charge in [0, 0.05) is 25.7 Å². The molecular weight excluding hydrogens is 310 g/mol. The summed E-state index contributed by atoms with van der Waals surface area (Å²) in [6.45, 7) is 2.01. The third kappa shape index (κ3) is 3.45. The number of hydrogen-bond acceptors (Lipinski definition) is 4. The molecule has 5 nitrogen and oxygen atoms in total. The lowest BCUT2D eigenvalue weighted by Gasteiger charge is -2.29. The quantitative estimate of drug-likeness (QED) is 0.904. The van der Waals surface area contributed by atoms with E-state index in [2.05, 4.69) is 4.90 Å². The number of benzene rings is 1. The molecule has 0 amide bonds. The fourth-order valence-corrected chi connectivity index (χ4v) is 5.49. The third-order valence-corrected chi connectivity index (χ3v) is 7.03. The number of fused-ring (bicyclic) bond motifs is 1. The van der Waals surface area contributed by atoms with Gasteiger partial charge in [0.15, 0.2) is 0 Å². The van der Waals surface area contributed by atoms with Crippen LogP contribution in [0.15, 0.2) is 29.2 Å². The predicted molar refractivity (Wildman–Crippen MR) is 91.4 cm³/mol. The van der Waals surface area contributed by atoms with Crippen molar-refractivity contribution in [3.05, 3.63) is 29.8 Å². The summed E-state index contributed by atoms with van der Waals surface area (Å²) in [5.41, 5.74) is 7.32. The lowest BCUT2D eigenvalue weighted by Crippen LogP contribution is -2.38. The highest BCUT2D eigenvalue weighted by Crippen LogP contribution is 2.37. The molecular formula is C17H27N3O2S. The highest BCUT2D eigenvalue weighted by atomic mass is 32.2. The van der Waals surface area contributed by atoms with E-state index >= 15 is 0 Å². The maximum Gasteiger partial charge on any atom is 0.243 e. The Kier molecular flexibility index (Phi) is 4.78. The summed E-state index contributed by atoms with van der Waals surface area (Å²) < 4.78 is 27.4. The molecule has 3 rings (SSSR count). The summed E-state index contributed by atoms with van der Waals surface area (Å²) >= 11 is 0. The lowest BCUT2D eigenvalue weighted by atomic mass is 9.78. The molecule has 1 saturated heterocycles. The Morgan fingerprint density at radius 3 is 2.48 bits per heavy atom. The molecule has 23 heavy (non-hydrogen) atoms. The van der Waals surface area contributed by atoms with Crippen LogP contribution in [0.2, 0.25) is 0 Å². The van der Waals surface area contributed by atoms with Crippen molar-refractivity contribution in [3.63, 3.8) is 0 Å². The minimum absolute atomic E-state index is 0.149. The Hall–Kier alpha value is -0.950. The number of hydrogen-bond donors (Lipinski definition) is 1. The molecule has 0 aromatic heterocycles. The second-order valence-electron chi connectivity index (χ2n) is 7.22. The van der Waals surface area contributed by atoms with Gasteiger partial charge >= 0.3 is 0 Å². The zero-order valence-electron chi connectivity index (χ0n) is 14.0. The van der Waals surface area contributed by atoms with Gasteiger partial charge in [-0.3, -0.25) is 0 Å². The van der Waals surface area contributed by atoms with E-state index < -0.39 is 10.0 Å². The van der Waals surface area contributed by atoms with E-state index in [0.29, 0.717) is 29.8 Å². The fourth-order valence-electron chi connectivity index (χ4n) is 3.95. The van der Waals surface area contributed by atoms with E-state index in [9.17, 15) is 8.42 Å². The van der Waals surface area contributed by atoms with Crippen LogP contribution in [0.3, 0.4) is 0 Å². The van der Waals surface area contributed by atoms with E-state index in [1.54, 1.807) is 16.4 Å². The van der Waals surface area contributed by atoms with E-state index in [0.717, 1.165) is 31.4 Å². The van der Waals surface area contributed by atoms with Gasteiger partial charge < -0.3 is 10.6 Å². The van der Waals surface area contributed by atoms with Crippen LogP contribution in [0.5, 0.6) is 0 Å². The Labute approximate surface area is 139 Å². The average Bonchev–Trinajstić information content (AvgIpc) is 2.93. The largest absolute Gasteiger partial charge is 0.327 e. The van der Waals surface area contributed by atoms with Crippen LogP contribution in [0.4, 0.5) is 0 Å². The minimum atomic E-state index is -3.40. The van der Waals surface area contributed by atoms with Gasteiger partial charge in [-0.2, -0.15) is 4.31 Å². The van der Waals surface area contributed by atoms with E-state index in [4.69, 9.17) is 5.73 Å². The molecule has 3 unspecified atom stereocenters. The van der Waals surface area contributed by atoms with Crippen molar-refractivity contribution in [1.82, 2.24) is 9.21 Å². The molecule has 1 aliphatic heterocycles. The standard InChI is InChI=1S/C17H27N3O2S/c1-19(2)10-13-6-8-15(9-7-13)23(21,22)20-11-14-4-3-5-17(18)16(14)12-20/h6-9,14,16-17H,3-5,10-12,18H2,1-2H3. The summed E-state index contributed by atoms with van der Waals surface area (Å²) in [6, 6.07) is 7.42. The molecule has 1 saturated carbocycles. The molecule has 1 heterocycles. The monoisotopic (exact) mass is 337 g/mol. The molecule has 0 spiro atoms. The number of nitrogens with two attached hydrogens (primary N) is 1. The van der Waals surface area contributed by atoms with Crippen molar-refractivity contribution < 1.29 is 8.42 Å². The predicted octanol–water partition coefficient (Wildman–Crippen LogP) is 1.50. The third-order valence-electron chi connectivity index (χ3n) is 5.18. The van der Waals surface area contributed by atoms with Crippen LogP contribution in [-0.4, -0.2) is 50.8 Å². The molecule has 2 fully saturated rings. The van der Waals surface area contributed by atoms with Gasteiger partial charge in [0.05, 0.1) is 4.90 Å². The highest BCUT2D eigenvalue weighted by molar-refractivity contribution is 7.89. The molecule has 1 aliphatic carbocycles. The first kappa shape index (κ1) is 16.9. The topological polar surface area (TPSA) is 66.6 Å². The summed E-state index contributed by atoms with van der Waals surface area (Å²) in [5.74, 6) is 0.757. The summed E-state index contributed by atoms with van der Waals surface area (Å²) in [6.07, 6.45) is 3.25. The van der Waals surface area contributed by atoms with Gasteiger partial charge in [-0.15, -0.1) is 0 Å². The molecule has 3 atom stereocenters. The Balaban J connectivity index is 1.76. The first-order valence-electron chi connectivity index (χ1n) is 8.37. The second-order valence-corrected chi connectivity index (χ2v) is 9.16. The average molecular weight is 337 g/mol. The van der Waals surface area contributed by atoms with E-state index in [1.165, 1.54) is 0 Å². The molecule has 1 aromatic carbocycles. The Morgan fingerprint density at radius 1 is 1.17 bits per heavy atom. The van der Waals surface area contributed by atoms with Crippen LogP contribution < -0.4 is 5.73 Å². The lowest BCUT2D eigenvalue weighted by molar-refractivity contribution is 0.260. The van der Waals surface area contributed by atoms with Crippen molar-refractivity contribution in [3.8, 4) is 0 Å². The molecule has 0 bridgehead atoms. The van der Waals surface area contributed by atoms with Gasteiger partial charge in [0.1, 0.15) is 0 Å². The second kappa shape index (κ2) is 6.51. The molecule has 0 radical (unpaired) electrons. The Morgan fingerprint density at radius 2 is 1.87 bits per heavy atom. The van der Waals surface area contributed by atoms with Gasteiger partial charge in [0.2, 0.25) is 10.0 Å². The maximum absolute atomic E-state index is 12.9. The molecule has 6 heteroatoms. The number of nitrogens with zero attached hydrogens (tertiary/aromatic N) is 2. The van der Waals surface area contributed by atoms with Crippen molar-refractivity contribution in [2.75, 3.05) is 27.2 Å². The number of rotatable bonds is 4. The van der Waals surface area contributed by atoms with Crippen molar-refractivity contribution >= 4 is 10.0 Å². The molecule has 2 N–H and O–H groups in total. The van der Waals surface area contributed by atoms with Crippen LogP contribution >= 0.6 is 0 Å². The first-order chi connectivity index (χ1) is 10.9. The van der Waals surface area contributed by atoms with Crippen LogP contribution in [0.1, 0.15) is 24.8 Å². The highest BCUT2D eigenvalue weighted by Gasteiger charge is 2.43. The van der Waals surface area contributed by atoms with Crippen molar-refractivity contribution in [2.45, 2.75) is 36.7 Å². The molecule has 1 aromatic rings. The normalized spacial score (nSPS) is 29.0. The van der Waals surface area contributed by atoms with Crippen LogP contribution in [-0.2, 0) is 16.6 Å². The first-order valence-corrected chi connectivity index (χ1v) is 9.81. The zero-order valence-corrected chi connectivity index (χ0v) is 14.8. The Bertz CT molecular complexity index is 642. The van der Waals surface area contributed by atoms with Gasteiger partial charge in [-0.1, -0.05) is 18.6 Å². The summed E-state index contributed by atoms with van der Waals surface area (Å²) in [7, 11) is 0.598. The summed E-state index contributed by atoms with van der Waals surface area (Å²) in [4.78, 5) is 2.46. The van der Waals surface area contributed by atoms with Gasteiger partial charge in [-0.25, -0.2) is 8.42 Å². The zero-order chi connectivity index (χ0) is 16.6. The van der Waals surface area contributed by atoms with Crippen LogP contribution in [0.25, 0.3) is 0 Å². The molecule has 128 valence electrons. The number of sulfonamides is 1. The maximum atomic E-state index is 12.9. The fraction of sp³-hybridized carbons (Fsp3) is 0.647. The van der Waals surface area contributed by atoms with E-state index in [1.807, 2.05) is 26.2 Å². The smallest absolute Gasteiger partial charge is 0.243 e. The molecule has 2 aliphatic rings. The SMILES string of the molecule is CN(C)Cc1ccc(S(=O)(=O)N2CC3CCCC(N)C3C2)cc1. The summed E-state index contributed by atoms with van der Waals surface area (Å²) in [5, 5.41) is 0. The van der Waals surface area contributed by atoms with Gasteiger partial charge in [-0.05, 0) is 56.5 Å². The van der Waals surface area contributed by atoms with Gasteiger partial charge in [0.25, 0.3) is 0 Å². The van der Waals surface area contributed by atoms with E-state index in [-0.39, 0.29) is 6.04 Å². The van der Waals surface area contributed by atoms with Crippen LogP contribution in [0, 0.1) is 11.8 Å².